The highest BCUT2D eigenvalue weighted by Gasteiger charge is 2.30. The molecule has 1 atom stereocenters. The van der Waals surface area contributed by atoms with Gasteiger partial charge in [-0.3, -0.25) is 25.8 Å². The standard InChI is InChI=1S/C25H35N7O4/c1-15(14-33)32(30-27)22(26)19-7-6-8-21(28-19)29-23(34)18-11-17-13-31(24(35)25(2,3)4)10-9-16(17)12-20(18)36-5/h6-8,11-12,15,26,30,33H,9-10,13-14,27H2,1-5H3,(H,28,29,34). The largest absolute Gasteiger partial charge is 0.496 e. The first-order valence-corrected chi connectivity index (χ1v) is 11.7. The first-order valence-electron chi connectivity index (χ1n) is 11.7. The molecule has 0 aliphatic carbocycles. The van der Waals surface area contributed by atoms with Crippen LogP contribution in [0.15, 0.2) is 30.3 Å². The van der Waals surface area contributed by atoms with E-state index in [1.807, 2.05) is 31.7 Å². The lowest BCUT2D eigenvalue weighted by atomic mass is 9.91. The molecule has 0 spiro atoms. The summed E-state index contributed by atoms with van der Waals surface area (Å²) in [6.45, 7) is 8.19. The van der Waals surface area contributed by atoms with Gasteiger partial charge in [-0.15, -0.1) is 0 Å². The second kappa shape index (κ2) is 11.0. The van der Waals surface area contributed by atoms with Crippen LogP contribution >= 0.6 is 0 Å². The Hall–Kier alpha value is -3.54. The second-order valence-corrected chi connectivity index (χ2v) is 9.79. The van der Waals surface area contributed by atoms with Gasteiger partial charge in [0.25, 0.3) is 5.91 Å². The van der Waals surface area contributed by atoms with Gasteiger partial charge in [0.2, 0.25) is 5.91 Å². The minimum atomic E-state index is -0.488. The summed E-state index contributed by atoms with van der Waals surface area (Å²) < 4.78 is 5.50. The number of rotatable bonds is 7. The Morgan fingerprint density at radius 2 is 2.03 bits per heavy atom. The van der Waals surface area contributed by atoms with Gasteiger partial charge >= 0.3 is 0 Å². The Morgan fingerprint density at radius 1 is 1.31 bits per heavy atom. The second-order valence-electron chi connectivity index (χ2n) is 9.79. The Bertz CT molecular complexity index is 1150. The number of amidine groups is 1. The van der Waals surface area contributed by atoms with Gasteiger partial charge in [-0.1, -0.05) is 26.8 Å². The van der Waals surface area contributed by atoms with Crippen molar-refractivity contribution in [3.63, 3.8) is 0 Å². The fraction of sp³-hybridized carbons (Fsp3) is 0.440. The molecule has 1 aromatic heterocycles. The number of carbonyl (C=O) groups excluding carboxylic acids is 2. The highest BCUT2D eigenvalue weighted by Crippen LogP contribution is 2.30. The van der Waals surface area contributed by atoms with Crippen molar-refractivity contribution in [1.82, 2.24) is 20.4 Å². The molecule has 0 fully saturated rings. The van der Waals surface area contributed by atoms with E-state index in [1.54, 1.807) is 31.2 Å². The predicted octanol–water partition coefficient (Wildman–Crippen LogP) is 1.66. The van der Waals surface area contributed by atoms with Crippen LogP contribution in [0.2, 0.25) is 0 Å². The molecule has 1 aliphatic heterocycles. The summed E-state index contributed by atoms with van der Waals surface area (Å²) >= 11 is 0. The van der Waals surface area contributed by atoms with Crippen LogP contribution in [0.3, 0.4) is 0 Å². The highest BCUT2D eigenvalue weighted by atomic mass is 16.5. The SMILES string of the molecule is COc1cc2c(cc1C(=O)Nc1cccc(C(=N)N(NN)C(C)CO)n1)CN(C(=O)C(C)(C)C)CC2. The number of methoxy groups -OCH3 is 1. The molecule has 2 amide bonds. The van der Waals surface area contributed by atoms with E-state index in [0.717, 1.165) is 11.1 Å². The number of hydrazine groups is 2. The van der Waals surface area contributed by atoms with E-state index < -0.39 is 17.4 Å². The van der Waals surface area contributed by atoms with E-state index in [9.17, 15) is 14.7 Å². The lowest BCUT2D eigenvalue weighted by molar-refractivity contribution is -0.140. The lowest BCUT2D eigenvalue weighted by Crippen LogP contribution is -2.53. The van der Waals surface area contributed by atoms with E-state index in [4.69, 9.17) is 16.0 Å². The average molecular weight is 498 g/mol. The molecule has 0 radical (unpaired) electrons. The molecule has 2 heterocycles. The van der Waals surface area contributed by atoms with Gasteiger partial charge < -0.3 is 20.1 Å². The van der Waals surface area contributed by atoms with Gasteiger partial charge in [0.15, 0.2) is 5.84 Å². The maximum absolute atomic E-state index is 13.2. The zero-order chi connectivity index (χ0) is 26.6. The van der Waals surface area contributed by atoms with Gasteiger partial charge in [0.1, 0.15) is 17.3 Å². The smallest absolute Gasteiger partial charge is 0.260 e. The van der Waals surface area contributed by atoms with Crippen molar-refractivity contribution in [2.75, 3.05) is 25.6 Å². The molecule has 0 saturated heterocycles. The summed E-state index contributed by atoms with van der Waals surface area (Å²) in [5, 5.41) is 21.8. The fourth-order valence-electron chi connectivity index (χ4n) is 4.02. The van der Waals surface area contributed by atoms with Crippen molar-refractivity contribution in [1.29, 1.82) is 5.41 Å². The molecular formula is C25H35N7O4. The Labute approximate surface area is 211 Å². The number of ether oxygens (including phenoxy) is 1. The summed E-state index contributed by atoms with van der Waals surface area (Å²) in [6, 6.07) is 8.02. The van der Waals surface area contributed by atoms with E-state index in [0.29, 0.717) is 30.8 Å². The Kier molecular flexibility index (Phi) is 8.28. The zero-order valence-corrected chi connectivity index (χ0v) is 21.4. The molecule has 1 unspecified atom stereocenters. The molecular weight excluding hydrogens is 462 g/mol. The van der Waals surface area contributed by atoms with Crippen LogP contribution in [0.1, 0.15) is 54.9 Å². The molecule has 0 saturated carbocycles. The average Bonchev–Trinajstić information content (AvgIpc) is 2.86. The van der Waals surface area contributed by atoms with E-state index in [1.165, 1.54) is 12.1 Å². The number of aliphatic hydroxyl groups is 1. The third kappa shape index (κ3) is 5.81. The predicted molar refractivity (Wildman–Crippen MR) is 136 cm³/mol. The molecule has 36 heavy (non-hydrogen) atoms. The number of nitrogens with one attached hydrogen (secondary N) is 3. The van der Waals surface area contributed by atoms with Crippen LogP contribution in [0.5, 0.6) is 5.75 Å². The van der Waals surface area contributed by atoms with Gasteiger partial charge in [-0.05, 0) is 48.7 Å². The maximum Gasteiger partial charge on any atom is 0.260 e. The third-order valence-electron chi connectivity index (χ3n) is 6.03. The number of aromatic nitrogens is 1. The molecule has 1 aliphatic rings. The third-order valence-corrected chi connectivity index (χ3v) is 6.03. The Balaban J connectivity index is 1.85. The number of hydrogen-bond donors (Lipinski definition) is 5. The molecule has 11 heteroatoms. The van der Waals surface area contributed by atoms with Crippen molar-refractivity contribution < 1.29 is 19.4 Å². The summed E-state index contributed by atoms with van der Waals surface area (Å²) in [6.07, 6.45) is 0.680. The molecule has 1 aromatic carbocycles. The minimum absolute atomic E-state index is 0.0647. The monoisotopic (exact) mass is 497 g/mol. The molecule has 6 N–H and O–H groups in total. The van der Waals surface area contributed by atoms with Gasteiger partial charge in [0, 0.05) is 18.5 Å². The fourth-order valence-corrected chi connectivity index (χ4v) is 4.02. The number of nitrogens with two attached hydrogens (primary N) is 1. The number of pyridine rings is 1. The molecule has 11 nitrogen and oxygen atoms in total. The zero-order valence-electron chi connectivity index (χ0n) is 21.4. The summed E-state index contributed by atoms with van der Waals surface area (Å²) in [5.74, 6) is 5.75. The minimum Gasteiger partial charge on any atom is -0.496 e. The van der Waals surface area contributed by atoms with Crippen LogP contribution in [-0.2, 0) is 17.8 Å². The Morgan fingerprint density at radius 3 is 2.64 bits per heavy atom. The molecule has 0 bridgehead atoms. The van der Waals surface area contributed by atoms with Crippen molar-refractivity contribution >= 4 is 23.5 Å². The van der Waals surface area contributed by atoms with E-state index in [-0.39, 0.29) is 29.9 Å². The number of nitrogens with zero attached hydrogens (tertiary/aromatic N) is 3. The van der Waals surface area contributed by atoms with Crippen LogP contribution < -0.4 is 21.4 Å². The molecule has 2 aromatic rings. The number of carbonyl (C=O) groups is 2. The van der Waals surface area contributed by atoms with E-state index in [2.05, 4.69) is 15.8 Å². The van der Waals surface area contributed by atoms with Crippen LogP contribution in [0.25, 0.3) is 0 Å². The quantitative estimate of drug-likeness (QED) is 0.167. The summed E-state index contributed by atoms with van der Waals surface area (Å²) in [7, 11) is 1.51. The molecule has 3 rings (SSSR count). The molecule has 194 valence electrons. The summed E-state index contributed by atoms with van der Waals surface area (Å²) in [4.78, 5) is 32.2. The lowest BCUT2D eigenvalue weighted by Gasteiger charge is -2.34. The number of fused-ring (bicyclic) bond motifs is 1. The normalized spacial score (nSPS) is 14.0. The number of benzene rings is 1. The van der Waals surface area contributed by atoms with Crippen molar-refractivity contribution in [3.05, 3.63) is 52.7 Å². The van der Waals surface area contributed by atoms with Crippen molar-refractivity contribution in [2.24, 2.45) is 11.3 Å². The van der Waals surface area contributed by atoms with Gasteiger partial charge in [-0.2, -0.15) is 5.53 Å². The van der Waals surface area contributed by atoms with Crippen molar-refractivity contribution in [3.8, 4) is 5.75 Å². The van der Waals surface area contributed by atoms with Gasteiger partial charge in [0.05, 0.1) is 25.3 Å². The number of aliphatic hydroxyl groups excluding tert-OH is 1. The number of amides is 2. The maximum atomic E-state index is 13.2. The topological polar surface area (TPSA) is 157 Å². The van der Waals surface area contributed by atoms with E-state index >= 15 is 0 Å². The number of anilines is 1. The van der Waals surface area contributed by atoms with Crippen LogP contribution in [-0.4, -0.2) is 64.0 Å². The van der Waals surface area contributed by atoms with Crippen LogP contribution in [0, 0.1) is 10.8 Å². The van der Waals surface area contributed by atoms with Gasteiger partial charge in [-0.25, -0.2) is 4.98 Å². The first kappa shape index (κ1) is 27.1. The number of hydrogen-bond acceptors (Lipinski definition) is 8. The first-order chi connectivity index (χ1) is 17.0. The summed E-state index contributed by atoms with van der Waals surface area (Å²) in [5.41, 5.74) is 4.41. The van der Waals surface area contributed by atoms with Crippen LogP contribution in [0.4, 0.5) is 5.82 Å². The van der Waals surface area contributed by atoms with Crippen molar-refractivity contribution in [2.45, 2.75) is 46.7 Å². The highest BCUT2D eigenvalue weighted by molar-refractivity contribution is 6.06.